The average molecular weight is 555 g/mol. The van der Waals surface area contributed by atoms with Gasteiger partial charge in [-0.15, -0.1) is 0 Å². The van der Waals surface area contributed by atoms with Gasteiger partial charge in [0.1, 0.15) is 0 Å². The van der Waals surface area contributed by atoms with E-state index < -0.39 is 0 Å². The van der Waals surface area contributed by atoms with Crippen LogP contribution in [0.15, 0.2) is 50.8 Å². The van der Waals surface area contributed by atoms with Crippen molar-refractivity contribution in [2.24, 2.45) is 7.05 Å². The van der Waals surface area contributed by atoms with E-state index in [-0.39, 0.29) is 23.0 Å². The largest absolute Gasteiger partial charge is 0.371 e. The molecule has 0 radical (unpaired) electrons. The Labute approximate surface area is 238 Å². The molecule has 0 N–H and O–H groups in total. The van der Waals surface area contributed by atoms with Crippen molar-refractivity contribution in [3.63, 3.8) is 0 Å². The van der Waals surface area contributed by atoms with Crippen molar-refractivity contribution in [3.8, 4) is 0 Å². The number of nitrogens with zero attached hydrogens (tertiary/aromatic N) is 6. The van der Waals surface area contributed by atoms with E-state index in [1.165, 1.54) is 4.57 Å². The molecule has 4 heterocycles. The van der Waals surface area contributed by atoms with Crippen molar-refractivity contribution in [3.05, 3.63) is 79.0 Å². The van der Waals surface area contributed by atoms with E-state index in [1.807, 2.05) is 48.1 Å². The van der Waals surface area contributed by atoms with Gasteiger partial charge in [-0.25, -0.2) is 9.59 Å². The number of aryl methyl sites for hydroxylation is 5. The molecule has 1 aliphatic heterocycles. The molecule has 9 heteroatoms. The number of imidazole rings is 1. The highest BCUT2D eigenvalue weighted by atomic mass is 16.2. The van der Waals surface area contributed by atoms with Crippen LogP contribution in [0.5, 0.6) is 0 Å². The van der Waals surface area contributed by atoms with Gasteiger partial charge < -0.3 is 4.90 Å². The minimum absolute atomic E-state index is 0.00838. The molecular formula is C32H38N6O3. The first-order chi connectivity index (χ1) is 19.8. The van der Waals surface area contributed by atoms with E-state index in [0.717, 1.165) is 51.7 Å². The predicted octanol–water partition coefficient (Wildman–Crippen LogP) is 4.51. The second-order valence-corrected chi connectivity index (χ2v) is 11.3. The zero-order valence-corrected chi connectivity index (χ0v) is 24.6. The molecule has 6 rings (SSSR count). The molecule has 5 aromatic rings. The second-order valence-electron chi connectivity index (χ2n) is 11.3. The van der Waals surface area contributed by atoms with Crippen molar-refractivity contribution in [2.75, 3.05) is 18.0 Å². The van der Waals surface area contributed by atoms with E-state index in [4.69, 9.17) is 4.98 Å². The van der Waals surface area contributed by atoms with Crippen LogP contribution in [0.25, 0.3) is 32.8 Å². The van der Waals surface area contributed by atoms with E-state index >= 15 is 0 Å². The van der Waals surface area contributed by atoms with Gasteiger partial charge in [0.05, 0.1) is 27.5 Å². The Kier molecular flexibility index (Phi) is 6.83. The number of anilines is 1. The van der Waals surface area contributed by atoms with Gasteiger partial charge in [0.25, 0.3) is 5.56 Å². The van der Waals surface area contributed by atoms with Gasteiger partial charge in [-0.3, -0.25) is 28.0 Å². The van der Waals surface area contributed by atoms with Gasteiger partial charge in [0.2, 0.25) is 0 Å². The third kappa shape index (κ3) is 4.29. The first-order valence-corrected chi connectivity index (χ1v) is 14.8. The summed E-state index contributed by atoms with van der Waals surface area (Å²) in [6, 6.07) is 11.9. The van der Waals surface area contributed by atoms with Crippen LogP contribution >= 0.6 is 0 Å². The molecule has 0 spiro atoms. The molecule has 2 aromatic carbocycles. The molecule has 41 heavy (non-hydrogen) atoms. The van der Waals surface area contributed by atoms with Crippen LogP contribution in [0.3, 0.4) is 0 Å². The lowest BCUT2D eigenvalue weighted by atomic mass is 10.0. The molecule has 3 aromatic heterocycles. The summed E-state index contributed by atoms with van der Waals surface area (Å²) in [6.07, 6.45) is 3.23. The number of piperidine rings is 1. The molecule has 0 amide bonds. The van der Waals surface area contributed by atoms with Crippen molar-refractivity contribution >= 4 is 38.5 Å². The summed E-state index contributed by atoms with van der Waals surface area (Å²) in [5, 5.41) is 1.62. The van der Waals surface area contributed by atoms with E-state index in [9.17, 15) is 14.4 Å². The van der Waals surface area contributed by atoms with Crippen molar-refractivity contribution in [2.45, 2.75) is 72.5 Å². The maximum atomic E-state index is 13.5. The smallest absolute Gasteiger partial charge is 0.331 e. The summed E-state index contributed by atoms with van der Waals surface area (Å²) in [5.41, 5.74) is 6.09. The lowest BCUT2D eigenvalue weighted by Crippen LogP contribution is -2.45. The Morgan fingerprint density at radius 2 is 1.51 bits per heavy atom. The molecular weight excluding hydrogens is 516 g/mol. The molecule has 214 valence electrons. The summed E-state index contributed by atoms with van der Waals surface area (Å²) in [5.74, 6) is 0. The fourth-order valence-corrected chi connectivity index (χ4v) is 6.61. The Morgan fingerprint density at radius 1 is 0.829 bits per heavy atom. The quantitative estimate of drug-likeness (QED) is 0.308. The lowest BCUT2D eigenvalue weighted by molar-refractivity contribution is 0.372. The number of hydrogen-bond donors (Lipinski definition) is 0. The lowest BCUT2D eigenvalue weighted by Gasteiger charge is -2.35. The highest BCUT2D eigenvalue weighted by Crippen LogP contribution is 2.34. The van der Waals surface area contributed by atoms with Gasteiger partial charge >= 0.3 is 11.4 Å². The van der Waals surface area contributed by atoms with Crippen molar-refractivity contribution in [1.29, 1.82) is 0 Å². The van der Waals surface area contributed by atoms with Gasteiger partial charge in [-0.2, -0.15) is 0 Å². The maximum Gasteiger partial charge on any atom is 0.331 e. The zero-order valence-electron chi connectivity index (χ0n) is 24.6. The Morgan fingerprint density at radius 3 is 2.17 bits per heavy atom. The monoisotopic (exact) mass is 554 g/mol. The minimum Gasteiger partial charge on any atom is -0.371 e. The molecule has 1 aliphatic rings. The fraction of sp³-hybridized carbons (Fsp3) is 0.438. The number of aromatic nitrogens is 5. The highest BCUT2D eigenvalue weighted by Gasteiger charge is 2.26. The van der Waals surface area contributed by atoms with Crippen molar-refractivity contribution in [1.82, 2.24) is 23.3 Å². The van der Waals surface area contributed by atoms with Gasteiger partial charge in [0.15, 0.2) is 0 Å². The number of hydrogen-bond acceptors (Lipinski definition) is 5. The molecule has 0 aliphatic carbocycles. The van der Waals surface area contributed by atoms with Crippen LogP contribution in [0.1, 0.15) is 57.3 Å². The fourth-order valence-electron chi connectivity index (χ4n) is 6.61. The Bertz CT molecular complexity index is 1990. The summed E-state index contributed by atoms with van der Waals surface area (Å²) in [4.78, 5) is 47.3. The Balaban J connectivity index is 1.42. The van der Waals surface area contributed by atoms with Crippen LogP contribution in [0, 0.1) is 6.92 Å². The molecule has 1 fully saturated rings. The number of benzene rings is 2. The molecule has 0 bridgehead atoms. The van der Waals surface area contributed by atoms with Gasteiger partial charge in [0, 0.05) is 56.0 Å². The molecule has 0 unspecified atom stereocenters. The molecule has 0 saturated carbocycles. The standard InChI is InChI=1S/C32H38N6O3/c1-6-9-21-17-27(23-18-28-29(19-25(23)33-21)37(8-3)32(41)36(28)7-2)35-14-12-22(13-15-35)38-30(39)24-16-20(4)10-11-26(24)34(5)31(38)40/h10-11,16-19,22H,6-9,12-15H2,1-5H3. The van der Waals surface area contributed by atoms with Crippen molar-refractivity contribution < 1.29 is 0 Å². The number of fused-ring (bicyclic) bond motifs is 3. The maximum absolute atomic E-state index is 13.5. The first kappa shape index (κ1) is 27.1. The second kappa shape index (κ2) is 10.4. The van der Waals surface area contributed by atoms with E-state index in [0.29, 0.717) is 49.9 Å². The van der Waals surface area contributed by atoms with E-state index in [1.54, 1.807) is 11.6 Å². The summed E-state index contributed by atoms with van der Waals surface area (Å²) in [6.45, 7) is 10.7. The molecule has 1 saturated heterocycles. The van der Waals surface area contributed by atoms with E-state index in [2.05, 4.69) is 30.0 Å². The summed E-state index contributed by atoms with van der Waals surface area (Å²) < 4.78 is 6.72. The third-order valence-electron chi connectivity index (χ3n) is 8.74. The highest BCUT2D eigenvalue weighted by molar-refractivity contribution is 6.00. The zero-order chi connectivity index (χ0) is 29.0. The predicted molar refractivity (Wildman–Crippen MR) is 166 cm³/mol. The first-order valence-electron chi connectivity index (χ1n) is 14.8. The normalized spacial score (nSPS) is 14.6. The topological polar surface area (TPSA) is 87.1 Å². The van der Waals surface area contributed by atoms with Crippen LogP contribution < -0.4 is 21.8 Å². The van der Waals surface area contributed by atoms with Crippen LogP contribution in [-0.4, -0.2) is 36.3 Å². The number of pyridine rings is 1. The summed E-state index contributed by atoms with van der Waals surface area (Å²) in [7, 11) is 1.74. The molecule has 0 atom stereocenters. The summed E-state index contributed by atoms with van der Waals surface area (Å²) >= 11 is 0. The van der Waals surface area contributed by atoms with Crippen LogP contribution in [0.4, 0.5) is 5.69 Å². The Hall–Kier alpha value is -4.14. The third-order valence-corrected chi connectivity index (χ3v) is 8.74. The van der Waals surface area contributed by atoms with Gasteiger partial charge in [-0.05, 0) is 70.4 Å². The SMILES string of the molecule is CCCc1cc(N2CCC(n3c(=O)c4cc(C)ccc4n(C)c3=O)CC2)c2cc3c(cc2n1)n(CC)c(=O)n3CC. The molecule has 9 nitrogen and oxygen atoms in total. The van der Waals surface area contributed by atoms with Crippen LogP contribution in [0.2, 0.25) is 0 Å². The van der Waals surface area contributed by atoms with Gasteiger partial charge in [-0.1, -0.05) is 25.0 Å². The average Bonchev–Trinajstić information content (AvgIpc) is 3.24. The number of rotatable bonds is 6. The minimum atomic E-state index is -0.259. The van der Waals surface area contributed by atoms with Crippen LogP contribution in [-0.2, 0) is 26.6 Å².